The van der Waals surface area contributed by atoms with Gasteiger partial charge in [0.15, 0.2) is 0 Å². The van der Waals surface area contributed by atoms with Crippen LogP contribution in [0.4, 0.5) is 4.79 Å². The second kappa shape index (κ2) is 13.2. The molecule has 1 rings (SSSR count). The summed E-state index contributed by atoms with van der Waals surface area (Å²) < 4.78 is 5.22. The normalized spacial score (nSPS) is 11.6. The summed E-state index contributed by atoms with van der Waals surface area (Å²) >= 11 is 0. The van der Waals surface area contributed by atoms with Gasteiger partial charge in [-0.3, -0.25) is 4.79 Å². The minimum Gasteiger partial charge on any atom is -0.444 e. The lowest BCUT2D eigenvalue weighted by atomic mass is 9.97. The number of amides is 2. The molecule has 1 unspecified atom stereocenters. The lowest BCUT2D eigenvalue weighted by Crippen LogP contribution is -2.33. The van der Waals surface area contributed by atoms with Crippen LogP contribution in [-0.4, -0.2) is 31.2 Å². The van der Waals surface area contributed by atoms with Crippen molar-refractivity contribution in [2.75, 3.05) is 13.1 Å². The van der Waals surface area contributed by atoms with Gasteiger partial charge in [-0.25, -0.2) is 4.79 Å². The molecular formula is C21H36N2O3. The molecule has 0 heterocycles. The Morgan fingerprint density at radius 1 is 1.23 bits per heavy atom. The van der Waals surface area contributed by atoms with E-state index in [4.69, 9.17) is 4.74 Å². The van der Waals surface area contributed by atoms with Crippen LogP contribution in [0.1, 0.15) is 59.1 Å². The number of hydrogen-bond donors (Lipinski definition) is 2. The van der Waals surface area contributed by atoms with Crippen LogP contribution in [0.15, 0.2) is 24.3 Å². The fraction of sp³-hybridized carbons (Fsp3) is 0.619. The SMILES string of the molecule is CCC(C)Cc1cccc(CCNC(=O)OC(C)(C)C)c1.CCNC=O. The van der Waals surface area contributed by atoms with Crippen LogP contribution in [-0.2, 0) is 22.4 Å². The van der Waals surface area contributed by atoms with Gasteiger partial charge in [0.2, 0.25) is 6.41 Å². The van der Waals surface area contributed by atoms with Crippen molar-refractivity contribution < 1.29 is 14.3 Å². The highest BCUT2D eigenvalue weighted by Crippen LogP contribution is 2.13. The Morgan fingerprint density at radius 3 is 2.38 bits per heavy atom. The molecule has 1 aromatic rings. The lowest BCUT2D eigenvalue weighted by molar-refractivity contribution is -0.109. The van der Waals surface area contributed by atoms with Gasteiger partial charge < -0.3 is 15.4 Å². The summed E-state index contributed by atoms with van der Waals surface area (Å²) in [6.45, 7) is 13.3. The maximum absolute atomic E-state index is 11.6. The number of rotatable bonds is 8. The summed E-state index contributed by atoms with van der Waals surface area (Å²) in [7, 11) is 0. The van der Waals surface area contributed by atoms with Crippen molar-refractivity contribution in [3.8, 4) is 0 Å². The molecule has 5 nitrogen and oxygen atoms in total. The first-order chi connectivity index (χ1) is 12.2. The summed E-state index contributed by atoms with van der Waals surface area (Å²) in [6.07, 6.45) is 3.47. The van der Waals surface area contributed by atoms with Crippen molar-refractivity contribution in [1.82, 2.24) is 10.6 Å². The third-order valence-corrected chi connectivity index (χ3v) is 3.64. The Kier molecular flexibility index (Phi) is 12.2. The molecule has 0 bridgehead atoms. The van der Waals surface area contributed by atoms with E-state index in [0.29, 0.717) is 18.9 Å². The smallest absolute Gasteiger partial charge is 0.407 e. The van der Waals surface area contributed by atoms with Crippen LogP contribution in [0, 0.1) is 5.92 Å². The van der Waals surface area contributed by atoms with Crippen molar-refractivity contribution in [2.24, 2.45) is 5.92 Å². The van der Waals surface area contributed by atoms with Crippen molar-refractivity contribution in [2.45, 2.75) is 66.4 Å². The Labute approximate surface area is 158 Å². The molecule has 1 aromatic carbocycles. The monoisotopic (exact) mass is 364 g/mol. The average Bonchev–Trinajstić information content (AvgIpc) is 2.55. The fourth-order valence-corrected chi connectivity index (χ4v) is 2.17. The Morgan fingerprint density at radius 2 is 1.88 bits per heavy atom. The maximum Gasteiger partial charge on any atom is 0.407 e. The van der Waals surface area contributed by atoms with Crippen LogP contribution >= 0.6 is 0 Å². The fourth-order valence-electron chi connectivity index (χ4n) is 2.17. The number of nitrogens with one attached hydrogen (secondary N) is 2. The van der Waals surface area contributed by atoms with E-state index in [2.05, 4.69) is 48.7 Å². The van der Waals surface area contributed by atoms with Crippen molar-refractivity contribution in [3.63, 3.8) is 0 Å². The third-order valence-electron chi connectivity index (χ3n) is 3.64. The van der Waals surface area contributed by atoms with Crippen molar-refractivity contribution in [1.29, 1.82) is 0 Å². The second-order valence-corrected chi connectivity index (χ2v) is 7.39. The molecule has 0 aliphatic carbocycles. The molecule has 0 spiro atoms. The molecule has 1 atom stereocenters. The molecule has 0 fully saturated rings. The van der Waals surface area contributed by atoms with E-state index in [9.17, 15) is 9.59 Å². The first-order valence-electron chi connectivity index (χ1n) is 9.43. The highest BCUT2D eigenvalue weighted by atomic mass is 16.6. The Bertz CT molecular complexity index is 524. The van der Waals surface area contributed by atoms with Gasteiger partial charge in [-0.1, -0.05) is 44.5 Å². The van der Waals surface area contributed by atoms with Gasteiger partial charge in [0.05, 0.1) is 0 Å². The predicted molar refractivity (Wildman–Crippen MR) is 107 cm³/mol. The zero-order chi connectivity index (χ0) is 20.0. The van der Waals surface area contributed by atoms with Gasteiger partial charge in [0.1, 0.15) is 5.60 Å². The Balaban J connectivity index is 0.00000110. The van der Waals surface area contributed by atoms with Gasteiger partial charge >= 0.3 is 6.09 Å². The van der Waals surface area contributed by atoms with Gasteiger partial charge in [-0.2, -0.15) is 0 Å². The molecule has 0 aliphatic rings. The van der Waals surface area contributed by atoms with E-state index in [1.165, 1.54) is 17.5 Å². The van der Waals surface area contributed by atoms with E-state index >= 15 is 0 Å². The molecule has 2 N–H and O–H groups in total. The number of hydrogen-bond acceptors (Lipinski definition) is 3. The topological polar surface area (TPSA) is 67.4 Å². The first-order valence-corrected chi connectivity index (χ1v) is 9.43. The maximum atomic E-state index is 11.6. The third kappa shape index (κ3) is 13.3. The van der Waals surface area contributed by atoms with Crippen LogP contribution in [0.2, 0.25) is 0 Å². The number of alkyl carbamates (subject to hydrolysis) is 1. The van der Waals surface area contributed by atoms with Gasteiger partial charge in [0.25, 0.3) is 0 Å². The number of carbonyl (C=O) groups excluding carboxylic acids is 2. The summed E-state index contributed by atoms with van der Waals surface area (Å²) in [5.74, 6) is 0.708. The van der Waals surface area contributed by atoms with Crippen LogP contribution in [0.5, 0.6) is 0 Å². The molecular weight excluding hydrogens is 328 g/mol. The molecule has 148 valence electrons. The molecule has 0 aliphatic heterocycles. The Hall–Kier alpha value is -2.04. The van der Waals surface area contributed by atoms with Gasteiger partial charge in [0, 0.05) is 13.1 Å². The molecule has 0 radical (unpaired) electrons. The van der Waals surface area contributed by atoms with Gasteiger partial charge in [-0.15, -0.1) is 0 Å². The molecule has 0 aromatic heterocycles. The van der Waals surface area contributed by atoms with Crippen molar-refractivity contribution >= 4 is 12.5 Å². The summed E-state index contributed by atoms with van der Waals surface area (Å²) in [5, 5.41) is 5.23. The second-order valence-electron chi connectivity index (χ2n) is 7.39. The molecule has 5 heteroatoms. The predicted octanol–water partition coefficient (Wildman–Crippen LogP) is 4.09. The van der Waals surface area contributed by atoms with E-state index in [1.807, 2.05) is 27.7 Å². The van der Waals surface area contributed by atoms with Crippen LogP contribution in [0.25, 0.3) is 0 Å². The van der Waals surface area contributed by atoms with Crippen LogP contribution in [0.3, 0.4) is 0 Å². The van der Waals surface area contributed by atoms with E-state index < -0.39 is 5.60 Å². The van der Waals surface area contributed by atoms with Gasteiger partial charge in [-0.05, 0) is 57.6 Å². The van der Waals surface area contributed by atoms with E-state index in [-0.39, 0.29) is 6.09 Å². The summed E-state index contributed by atoms with van der Waals surface area (Å²) in [6, 6.07) is 8.62. The van der Waals surface area contributed by atoms with E-state index in [1.54, 1.807) is 0 Å². The molecule has 0 saturated carbocycles. The van der Waals surface area contributed by atoms with E-state index in [0.717, 1.165) is 19.4 Å². The minimum atomic E-state index is -0.444. The average molecular weight is 365 g/mol. The molecule has 26 heavy (non-hydrogen) atoms. The quantitative estimate of drug-likeness (QED) is 0.683. The molecule has 2 amide bonds. The highest BCUT2D eigenvalue weighted by Gasteiger charge is 2.15. The number of ether oxygens (including phenoxy) is 1. The zero-order valence-electron chi connectivity index (χ0n) is 17.2. The minimum absolute atomic E-state index is 0.349. The highest BCUT2D eigenvalue weighted by molar-refractivity contribution is 5.67. The largest absolute Gasteiger partial charge is 0.444 e. The van der Waals surface area contributed by atoms with Crippen LogP contribution < -0.4 is 10.6 Å². The zero-order valence-corrected chi connectivity index (χ0v) is 17.2. The lowest BCUT2D eigenvalue weighted by Gasteiger charge is -2.19. The number of benzene rings is 1. The summed E-state index contributed by atoms with van der Waals surface area (Å²) in [4.78, 5) is 20.9. The van der Waals surface area contributed by atoms with Crippen molar-refractivity contribution in [3.05, 3.63) is 35.4 Å². The molecule has 0 saturated heterocycles. The summed E-state index contributed by atoms with van der Waals surface area (Å²) in [5.41, 5.74) is 2.19. The first kappa shape index (κ1) is 24.0. The standard InChI is InChI=1S/C18H29NO2.C3H7NO/c1-6-14(2)12-16-9-7-8-15(13-16)10-11-19-17(20)21-18(3,4)5;1-2-4-3-5/h7-9,13-14H,6,10-12H2,1-5H3,(H,19,20);3H,2H2,1H3,(H,4,5). The number of carbonyl (C=O) groups is 2.